The molecule has 19 heavy (non-hydrogen) atoms. The second-order valence-electron chi connectivity index (χ2n) is 5.02. The third kappa shape index (κ3) is 2.93. The number of H-pyrrole nitrogens is 1. The van der Waals surface area contributed by atoms with Gasteiger partial charge in [-0.2, -0.15) is 0 Å². The van der Waals surface area contributed by atoms with Crippen molar-refractivity contribution >= 4 is 11.7 Å². The Bertz CT molecular complexity index is 475. The predicted molar refractivity (Wildman–Crippen MR) is 69.9 cm³/mol. The van der Waals surface area contributed by atoms with Crippen molar-refractivity contribution in [3.05, 3.63) is 27.9 Å². The number of carbonyl (C=O) groups excluding carboxylic acids is 1. The first-order valence-electron chi connectivity index (χ1n) is 6.36. The molecule has 0 spiro atoms. The first-order valence-corrected chi connectivity index (χ1v) is 6.36. The molecule has 3 unspecified atom stereocenters. The lowest BCUT2D eigenvalue weighted by Crippen LogP contribution is -2.55. The number of nitrogens with zero attached hydrogens (tertiary/aromatic N) is 1. The van der Waals surface area contributed by atoms with Crippen LogP contribution in [-0.2, 0) is 0 Å². The zero-order chi connectivity index (χ0) is 14.0. The van der Waals surface area contributed by atoms with Crippen LogP contribution in [0.2, 0.25) is 0 Å². The first-order chi connectivity index (χ1) is 8.99. The van der Waals surface area contributed by atoms with E-state index in [0.29, 0.717) is 5.92 Å². The minimum Gasteiger partial charge on any atom is -0.358 e. The summed E-state index contributed by atoms with van der Waals surface area (Å²) in [7, 11) is 0. The topological polar surface area (TPSA) is 100 Å². The lowest BCUT2D eigenvalue weighted by molar-refractivity contribution is -0.389. The molecule has 1 aromatic heterocycles. The van der Waals surface area contributed by atoms with Gasteiger partial charge in [0.1, 0.15) is 0 Å². The molecule has 3 atom stereocenters. The molecule has 1 saturated heterocycles. The third-order valence-corrected chi connectivity index (χ3v) is 3.63. The van der Waals surface area contributed by atoms with Crippen molar-refractivity contribution in [3.63, 3.8) is 0 Å². The van der Waals surface area contributed by atoms with E-state index in [1.807, 2.05) is 6.92 Å². The number of aromatic nitrogens is 1. The second-order valence-corrected chi connectivity index (χ2v) is 5.02. The van der Waals surface area contributed by atoms with E-state index in [-0.39, 0.29) is 29.5 Å². The van der Waals surface area contributed by atoms with Crippen molar-refractivity contribution < 1.29 is 9.72 Å². The molecule has 7 nitrogen and oxygen atoms in total. The summed E-state index contributed by atoms with van der Waals surface area (Å²) in [5, 5.41) is 16.8. The summed E-state index contributed by atoms with van der Waals surface area (Å²) in [6.07, 6.45) is 1.00. The fraction of sp³-hybridized carbons (Fsp3) is 0.583. The molecule has 0 radical (unpaired) electrons. The predicted octanol–water partition coefficient (Wildman–Crippen LogP) is 1.04. The molecular formula is C12H18N4O3. The molecule has 0 aliphatic carbocycles. The van der Waals surface area contributed by atoms with Crippen LogP contribution in [-0.4, -0.2) is 34.4 Å². The Morgan fingerprint density at radius 2 is 2.21 bits per heavy atom. The number of aromatic amines is 1. The van der Waals surface area contributed by atoms with E-state index >= 15 is 0 Å². The van der Waals surface area contributed by atoms with Crippen molar-refractivity contribution in [2.75, 3.05) is 6.54 Å². The molecular weight excluding hydrogens is 248 g/mol. The molecule has 1 aromatic rings. The average molecular weight is 266 g/mol. The van der Waals surface area contributed by atoms with Crippen molar-refractivity contribution in [3.8, 4) is 0 Å². The van der Waals surface area contributed by atoms with E-state index < -0.39 is 4.92 Å². The van der Waals surface area contributed by atoms with E-state index in [1.165, 1.54) is 12.1 Å². The Kier molecular flexibility index (Phi) is 3.84. The molecule has 1 amide bonds. The lowest BCUT2D eigenvalue weighted by atomic mass is 9.89. The van der Waals surface area contributed by atoms with Crippen LogP contribution >= 0.6 is 0 Å². The monoisotopic (exact) mass is 266 g/mol. The number of piperidine rings is 1. The fourth-order valence-electron chi connectivity index (χ4n) is 2.46. The highest BCUT2D eigenvalue weighted by Gasteiger charge is 2.30. The summed E-state index contributed by atoms with van der Waals surface area (Å²) < 4.78 is 0. The fourth-order valence-corrected chi connectivity index (χ4v) is 2.46. The lowest BCUT2D eigenvalue weighted by Gasteiger charge is -2.35. The van der Waals surface area contributed by atoms with Crippen LogP contribution in [0, 0.1) is 16.0 Å². The minimum absolute atomic E-state index is 0.0311. The van der Waals surface area contributed by atoms with Gasteiger partial charge in [-0.25, -0.2) is 4.98 Å². The maximum absolute atomic E-state index is 12.0. The van der Waals surface area contributed by atoms with Gasteiger partial charge in [0.25, 0.3) is 5.91 Å². The van der Waals surface area contributed by atoms with Crippen LogP contribution in [0.5, 0.6) is 0 Å². The Labute approximate surface area is 110 Å². The number of nitrogens with one attached hydrogen (secondary N) is 3. The Balaban J connectivity index is 2.05. The number of nitro groups is 1. The SMILES string of the molecule is CC1CCNC(C)C1NC(=O)c1ccc([N+](=O)[O-])[nH]1. The number of rotatable bonds is 3. The van der Waals surface area contributed by atoms with Crippen LogP contribution in [0.15, 0.2) is 12.1 Å². The summed E-state index contributed by atoms with van der Waals surface area (Å²) >= 11 is 0. The van der Waals surface area contributed by atoms with E-state index in [0.717, 1.165) is 13.0 Å². The van der Waals surface area contributed by atoms with Crippen LogP contribution in [0.4, 0.5) is 5.82 Å². The van der Waals surface area contributed by atoms with Crippen molar-refractivity contribution in [2.45, 2.75) is 32.4 Å². The molecule has 1 aliphatic rings. The second kappa shape index (κ2) is 5.40. The summed E-state index contributed by atoms with van der Waals surface area (Å²) in [4.78, 5) is 24.6. The van der Waals surface area contributed by atoms with Gasteiger partial charge in [-0.3, -0.25) is 4.79 Å². The molecule has 104 valence electrons. The summed E-state index contributed by atoms with van der Waals surface area (Å²) in [5.41, 5.74) is 0.219. The molecule has 2 rings (SSSR count). The number of amides is 1. The molecule has 7 heteroatoms. The normalized spacial score (nSPS) is 26.9. The van der Waals surface area contributed by atoms with Gasteiger partial charge in [0.15, 0.2) is 5.69 Å². The largest absolute Gasteiger partial charge is 0.358 e. The summed E-state index contributed by atoms with van der Waals surface area (Å²) in [6, 6.07) is 2.95. The Morgan fingerprint density at radius 3 is 2.79 bits per heavy atom. The zero-order valence-corrected chi connectivity index (χ0v) is 11.0. The smallest absolute Gasteiger partial charge is 0.321 e. The summed E-state index contributed by atoms with van der Waals surface area (Å²) in [5.74, 6) is -0.0985. The third-order valence-electron chi connectivity index (χ3n) is 3.63. The van der Waals surface area contributed by atoms with Gasteiger partial charge >= 0.3 is 5.82 Å². The van der Waals surface area contributed by atoms with Crippen LogP contribution in [0.25, 0.3) is 0 Å². The standard InChI is InChI=1S/C12H18N4O3/c1-7-5-6-13-8(2)11(7)15-12(17)9-3-4-10(14-9)16(18)19/h3-4,7-8,11,13-14H,5-6H2,1-2H3,(H,15,17). The van der Waals surface area contributed by atoms with E-state index in [1.54, 1.807) is 0 Å². The Morgan fingerprint density at radius 1 is 1.47 bits per heavy atom. The maximum Gasteiger partial charge on any atom is 0.321 e. The van der Waals surface area contributed by atoms with Gasteiger partial charge in [-0.05, 0) is 36.8 Å². The van der Waals surface area contributed by atoms with Crippen LogP contribution < -0.4 is 10.6 Å². The minimum atomic E-state index is -0.551. The molecule has 0 bridgehead atoms. The molecule has 3 N–H and O–H groups in total. The van der Waals surface area contributed by atoms with Gasteiger partial charge in [0.2, 0.25) is 0 Å². The van der Waals surface area contributed by atoms with Crippen molar-refractivity contribution in [1.29, 1.82) is 0 Å². The molecule has 2 heterocycles. The number of hydrogen-bond donors (Lipinski definition) is 3. The molecule has 1 aliphatic heterocycles. The van der Waals surface area contributed by atoms with E-state index in [9.17, 15) is 14.9 Å². The highest BCUT2D eigenvalue weighted by molar-refractivity contribution is 5.93. The highest BCUT2D eigenvalue weighted by Crippen LogP contribution is 2.17. The van der Waals surface area contributed by atoms with Gasteiger partial charge in [-0.1, -0.05) is 6.92 Å². The Hall–Kier alpha value is -1.89. The number of carbonyl (C=O) groups is 1. The van der Waals surface area contributed by atoms with E-state index in [2.05, 4.69) is 22.5 Å². The first kappa shape index (κ1) is 13.5. The van der Waals surface area contributed by atoms with Gasteiger partial charge in [-0.15, -0.1) is 0 Å². The highest BCUT2D eigenvalue weighted by atomic mass is 16.6. The van der Waals surface area contributed by atoms with Gasteiger partial charge in [0, 0.05) is 18.2 Å². The molecule has 1 fully saturated rings. The zero-order valence-electron chi connectivity index (χ0n) is 11.0. The van der Waals surface area contributed by atoms with Crippen LogP contribution in [0.3, 0.4) is 0 Å². The number of hydrogen-bond acceptors (Lipinski definition) is 4. The van der Waals surface area contributed by atoms with Gasteiger partial charge < -0.3 is 20.7 Å². The average Bonchev–Trinajstić information content (AvgIpc) is 2.83. The van der Waals surface area contributed by atoms with Crippen molar-refractivity contribution in [1.82, 2.24) is 15.6 Å². The van der Waals surface area contributed by atoms with E-state index in [4.69, 9.17) is 0 Å². The molecule has 0 aromatic carbocycles. The maximum atomic E-state index is 12.0. The van der Waals surface area contributed by atoms with Crippen molar-refractivity contribution in [2.24, 2.45) is 5.92 Å². The van der Waals surface area contributed by atoms with Crippen LogP contribution in [0.1, 0.15) is 30.8 Å². The van der Waals surface area contributed by atoms with Gasteiger partial charge in [0.05, 0.1) is 0 Å². The summed E-state index contributed by atoms with van der Waals surface area (Å²) in [6.45, 7) is 5.07. The quantitative estimate of drug-likeness (QED) is 0.562. The molecule has 0 saturated carbocycles.